The highest BCUT2D eigenvalue weighted by Gasteiger charge is 2.18. The van der Waals surface area contributed by atoms with Crippen molar-refractivity contribution in [1.29, 1.82) is 0 Å². The van der Waals surface area contributed by atoms with Gasteiger partial charge in [0.25, 0.3) is 0 Å². The molecule has 1 rings (SSSR count). The minimum absolute atomic E-state index is 0.111. The minimum atomic E-state index is -3.45. The first kappa shape index (κ1) is 16.1. The van der Waals surface area contributed by atoms with E-state index < -0.39 is 10.0 Å². The molecule has 0 fully saturated rings. The number of benzene rings is 1. The Morgan fingerprint density at radius 1 is 1.22 bits per heavy atom. The van der Waals surface area contributed by atoms with Crippen molar-refractivity contribution in [2.75, 3.05) is 6.54 Å². The van der Waals surface area contributed by atoms with E-state index in [9.17, 15) is 8.42 Å². The molecular formula is C12H17Br2NO2S. The lowest BCUT2D eigenvalue weighted by atomic mass is 9.93. The van der Waals surface area contributed by atoms with E-state index in [0.717, 1.165) is 10.9 Å². The highest BCUT2D eigenvalue weighted by Crippen LogP contribution is 2.26. The molecule has 0 heterocycles. The molecule has 0 aliphatic rings. The molecule has 0 bridgehead atoms. The number of hydrogen-bond acceptors (Lipinski definition) is 2. The summed E-state index contributed by atoms with van der Waals surface area (Å²) in [6.45, 7) is 6.68. The van der Waals surface area contributed by atoms with Gasteiger partial charge in [0.05, 0.1) is 4.90 Å². The maximum absolute atomic E-state index is 12.1. The van der Waals surface area contributed by atoms with Gasteiger partial charge in [0.1, 0.15) is 0 Å². The Bertz CT molecular complexity index is 521. The van der Waals surface area contributed by atoms with E-state index in [4.69, 9.17) is 0 Å². The van der Waals surface area contributed by atoms with E-state index in [-0.39, 0.29) is 10.3 Å². The summed E-state index contributed by atoms with van der Waals surface area (Å²) >= 11 is 6.56. The van der Waals surface area contributed by atoms with Crippen molar-refractivity contribution in [2.24, 2.45) is 5.41 Å². The van der Waals surface area contributed by atoms with E-state index in [0.29, 0.717) is 11.0 Å². The first-order valence-electron chi connectivity index (χ1n) is 5.56. The molecule has 0 aliphatic carbocycles. The molecule has 1 aromatic carbocycles. The molecule has 0 amide bonds. The summed E-state index contributed by atoms with van der Waals surface area (Å²) in [6.07, 6.45) is 0.792. The van der Waals surface area contributed by atoms with Gasteiger partial charge < -0.3 is 0 Å². The lowest BCUT2D eigenvalue weighted by Crippen LogP contribution is -2.27. The van der Waals surface area contributed by atoms with Gasteiger partial charge in [-0.2, -0.15) is 0 Å². The standard InChI is InChI=1S/C12H17Br2NO2S/c1-12(2,3)6-7-15-18(16,17)11-5-4-9(13)8-10(11)14/h4-5,8,15H,6-7H2,1-3H3. The zero-order chi connectivity index (χ0) is 14.0. The lowest BCUT2D eigenvalue weighted by Gasteiger charge is -2.18. The summed E-state index contributed by atoms with van der Waals surface area (Å²) in [7, 11) is -3.45. The van der Waals surface area contributed by atoms with Crippen LogP contribution >= 0.6 is 31.9 Å². The summed E-state index contributed by atoms with van der Waals surface area (Å²) in [4.78, 5) is 0.264. The SMILES string of the molecule is CC(C)(C)CCNS(=O)(=O)c1ccc(Br)cc1Br. The quantitative estimate of drug-likeness (QED) is 0.835. The molecule has 0 aromatic heterocycles. The van der Waals surface area contributed by atoms with Crippen LogP contribution in [-0.2, 0) is 10.0 Å². The monoisotopic (exact) mass is 397 g/mol. The second-order valence-electron chi connectivity index (χ2n) is 5.28. The van der Waals surface area contributed by atoms with Gasteiger partial charge in [0.15, 0.2) is 0 Å². The Morgan fingerprint density at radius 2 is 1.83 bits per heavy atom. The molecule has 0 aliphatic heterocycles. The predicted octanol–water partition coefficient (Wildman–Crippen LogP) is 3.93. The van der Waals surface area contributed by atoms with Crippen molar-refractivity contribution in [3.63, 3.8) is 0 Å². The van der Waals surface area contributed by atoms with Crippen LogP contribution in [-0.4, -0.2) is 15.0 Å². The second kappa shape index (κ2) is 6.03. The molecule has 1 N–H and O–H groups in total. The molecule has 1 aromatic rings. The molecule has 18 heavy (non-hydrogen) atoms. The minimum Gasteiger partial charge on any atom is -0.211 e. The molecular weight excluding hydrogens is 382 g/mol. The first-order valence-corrected chi connectivity index (χ1v) is 8.63. The van der Waals surface area contributed by atoms with Crippen molar-refractivity contribution < 1.29 is 8.42 Å². The summed E-state index contributed by atoms with van der Waals surface area (Å²) in [5.41, 5.74) is 0.111. The molecule has 6 heteroatoms. The van der Waals surface area contributed by atoms with Crippen LogP contribution in [0.4, 0.5) is 0 Å². The predicted molar refractivity (Wildman–Crippen MR) is 81.1 cm³/mol. The highest BCUT2D eigenvalue weighted by molar-refractivity contribution is 9.11. The van der Waals surface area contributed by atoms with E-state index in [2.05, 4.69) is 57.4 Å². The zero-order valence-corrected chi connectivity index (χ0v) is 14.6. The average Bonchev–Trinajstić information content (AvgIpc) is 2.13. The molecule has 0 saturated heterocycles. The van der Waals surface area contributed by atoms with Crippen molar-refractivity contribution in [3.05, 3.63) is 27.1 Å². The maximum Gasteiger partial charge on any atom is 0.241 e. The Balaban J connectivity index is 2.81. The second-order valence-corrected chi connectivity index (χ2v) is 8.79. The third kappa shape index (κ3) is 4.99. The number of nitrogens with one attached hydrogen (secondary N) is 1. The van der Waals surface area contributed by atoms with E-state index in [1.54, 1.807) is 18.2 Å². The summed E-state index contributed by atoms with van der Waals surface area (Å²) in [5, 5.41) is 0. The highest BCUT2D eigenvalue weighted by atomic mass is 79.9. The fraction of sp³-hybridized carbons (Fsp3) is 0.500. The van der Waals surface area contributed by atoms with Crippen LogP contribution in [0.3, 0.4) is 0 Å². The molecule has 0 saturated carbocycles. The first-order chi connectivity index (χ1) is 8.12. The van der Waals surface area contributed by atoms with E-state index in [1.807, 2.05) is 0 Å². The summed E-state index contributed by atoms with van der Waals surface area (Å²) in [6, 6.07) is 5.01. The topological polar surface area (TPSA) is 46.2 Å². The number of hydrogen-bond donors (Lipinski definition) is 1. The molecule has 0 unspecified atom stereocenters. The van der Waals surface area contributed by atoms with Gasteiger partial charge in [0, 0.05) is 15.5 Å². The molecule has 3 nitrogen and oxygen atoms in total. The largest absolute Gasteiger partial charge is 0.241 e. The van der Waals surface area contributed by atoms with E-state index >= 15 is 0 Å². The number of sulfonamides is 1. The Labute approximate surface area is 126 Å². The van der Waals surface area contributed by atoms with Crippen LogP contribution in [0.5, 0.6) is 0 Å². The lowest BCUT2D eigenvalue weighted by molar-refractivity contribution is 0.378. The van der Waals surface area contributed by atoms with Gasteiger partial charge in [-0.05, 0) is 46.0 Å². The molecule has 102 valence electrons. The molecule has 0 radical (unpaired) electrons. The van der Waals surface area contributed by atoms with Crippen LogP contribution < -0.4 is 4.72 Å². The number of halogens is 2. The Morgan fingerprint density at radius 3 is 2.33 bits per heavy atom. The fourth-order valence-corrected chi connectivity index (χ4v) is 4.11. The van der Waals surface area contributed by atoms with Gasteiger partial charge in [-0.15, -0.1) is 0 Å². The zero-order valence-electron chi connectivity index (χ0n) is 10.6. The van der Waals surface area contributed by atoms with Crippen LogP contribution in [0.1, 0.15) is 27.2 Å². The maximum atomic E-state index is 12.1. The van der Waals surface area contributed by atoms with Gasteiger partial charge in [-0.3, -0.25) is 0 Å². The number of rotatable bonds is 4. The van der Waals surface area contributed by atoms with Gasteiger partial charge >= 0.3 is 0 Å². The average molecular weight is 399 g/mol. The third-order valence-electron chi connectivity index (χ3n) is 2.35. The summed E-state index contributed by atoms with van der Waals surface area (Å²) < 4.78 is 28.2. The van der Waals surface area contributed by atoms with Crippen LogP contribution in [0.25, 0.3) is 0 Å². The van der Waals surface area contributed by atoms with E-state index in [1.165, 1.54) is 0 Å². The van der Waals surface area contributed by atoms with Crippen LogP contribution in [0, 0.1) is 5.41 Å². The third-order valence-corrected chi connectivity index (χ3v) is 5.28. The van der Waals surface area contributed by atoms with Crippen LogP contribution in [0.2, 0.25) is 0 Å². The van der Waals surface area contributed by atoms with Gasteiger partial charge in [0.2, 0.25) is 10.0 Å². The summed E-state index contributed by atoms with van der Waals surface area (Å²) in [5.74, 6) is 0. The Hall–Kier alpha value is 0.0900. The van der Waals surface area contributed by atoms with Crippen molar-refractivity contribution >= 4 is 41.9 Å². The molecule has 0 atom stereocenters. The van der Waals surface area contributed by atoms with Crippen molar-refractivity contribution in [3.8, 4) is 0 Å². The van der Waals surface area contributed by atoms with Gasteiger partial charge in [-0.1, -0.05) is 36.7 Å². The van der Waals surface area contributed by atoms with Crippen LogP contribution in [0.15, 0.2) is 32.0 Å². The smallest absolute Gasteiger partial charge is 0.211 e. The molecule has 0 spiro atoms. The Kier molecular flexibility index (Phi) is 5.41. The normalized spacial score (nSPS) is 12.7. The fourth-order valence-electron chi connectivity index (χ4n) is 1.33. The van der Waals surface area contributed by atoms with Crippen molar-refractivity contribution in [2.45, 2.75) is 32.1 Å². The van der Waals surface area contributed by atoms with Gasteiger partial charge in [-0.25, -0.2) is 13.1 Å². The van der Waals surface area contributed by atoms with Crippen molar-refractivity contribution in [1.82, 2.24) is 4.72 Å².